The summed E-state index contributed by atoms with van der Waals surface area (Å²) in [7, 11) is 0. The van der Waals surface area contributed by atoms with E-state index in [0.717, 1.165) is 17.1 Å². The van der Waals surface area contributed by atoms with Gasteiger partial charge in [0.1, 0.15) is 5.75 Å². The fraction of sp³-hybridized carbons (Fsp3) is 0.167. The second kappa shape index (κ2) is 5.83. The van der Waals surface area contributed by atoms with Crippen LogP contribution in [0.5, 0.6) is 5.75 Å². The Kier molecular flexibility index (Phi) is 3.73. The molecule has 0 aliphatic carbocycles. The highest BCUT2D eigenvalue weighted by molar-refractivity contribution is 5.63. The molecule has 3 rings (SSSR count). The lowest BCUT2D eigenvalue weighted by molar-refractivity contribution is -0.519. The van der Waals surface area contributed by atoms with Crippen LogP contribution in [0.15, 0.2) is 60.8 Å². The third-order valence-electron chi connectivity index (χ3n) is 3.42. The van der Waals surface area contributed by atoms with Crippen LogP contribution in [0.1, 0.15) is 12.6 Å². The van der Waals surface area contributed by atoms with Crippen LogP contribution in [0, 0.1) is 6.92 Å². The molecule has 0 unspecified atom stereocenters. The van der Waals surface area contributed by atoms with Gasteiger partial charge in [-0.3, -0.25) is 0 Å². The molecule has 3 aromatic rings. The van der Waals surface area contributed by atoms with Gasteiger partial charge >= 0.3 is 0 Å². The largest absolute Gasteiger partial charge is 0.494 e. The van der Waals surface area contributed by atoms with Crippen molar-refractivity contribution in [3.63, 3.8) is 0 Å². The summed E-state index contributed by atoms with van der Waals surface area (Å²) in [5, 5.41) is 3.42. The second-order valence-corrected chi connectivity index (χ2v) is 4.96. The summed E-state index contributed by atoms with van der Waals surface area (Å²) in [4.78, 5) is 0. The Labute approximate surface area is 124 Å². The van der Waals surface area contributed by atoms with Crippen molar-refractivity contribution in [2.45, 2.75) is 13.8 Å². The van der Waals surface area contributed by atoms with E-state index in [0.29, 0.717) is 6.61 Å². The average molecular weight is 279 g/mol. The molecule has 1 N–H and O–H groups in total. The van der Waals surface area contributed by atoms with E-state index in [-0.39, 0.29) is 0 Å². The first-order valence-corrected chi connectivity index (χ1v) is 7.17. The van der Waals surface area contributed by atoms with Crippen molar-refractivity contribution in [1.29, 1.82) is 0 Å². The molecule has 0 amide bonds. The lowest BCUT2D eigenvalue weighted by Crippen LogP contribution is -2.24. The first-order chi connectivity index (χ1) is 10.3. The lowest BCUT2D eigenvalue weighted by Gasteiger charge is -2.07. The van der Waals surface area contributed by atoms with E-state index < -0.39 is 0 Å². The van der Waals surface area contributed by atoms with E-state index in [2.05, 4.69) is 53.2 Å². The molecule has 0 atom stereocenters. The van der Waals surface area contributed by atoms with Crippen LogP contribution in [-0.4, -0.2) is 6.61 Å². The maximum atomic E-state index is 5.45. The Hall–Kier alpha value is -2.55. The molecule has 0 radical (unpaired) electrons. The second-order valence-electron chi connectivity index (χ2n) is 4.96. The molecule has 0 aliphatic rings. The molecule has 0 saturated heterocycles. The smallest absolute Gasteiger partial charge is 0.212 e. The number of pyridine rings is 2. The Balaban J connectivity index is 1.84. The SMILES string of the molecule is CCOc1ccc(Nc2cc[n+]3c(C)cccc3c2)cc1. The number of aryl methyl sites for hydroxylation is 1. The molecule has 1 aromatic carbocycles. The fourth-order valence-corrected chi connectivity index (χ4v) is 2.38. The molecular weight excluding hydrogens is 260 g/mol. The molecule has 3 heteroatoms. The van der Waals surface area contributed by atoms with Crippen LogP contribution in [0.3, 0.4) is 0 Å². The van der Waals surface area contributed by atoms with Gasteiger partial charge in [0.25, 0.3) is 0 Å². The van der Waals surface area contributed by atoms with Gasteiger partial charge in [0.2, 0.25) is 5.52 Å². The molecule has 106 valence electrons. The van der Waals surface area contributed by atoms with Crippen LogP contribution in [-0.2, 0) is 0 Å². The third-order valence-corrected chi connectivity index (χ3v) is 3.42. The predicted octanol–water partition coefficient (Wildman–Crippen LogP) is 3.88. The van der Waals surface area contributed by atoms with Crippen LogP contribution in [0.25, 0.3) is 5.52 Å². The molecule has 21 heavy (non-hydrogen) atoms. The topological polar surface area (TPSA) is 25.4 Å². The zero-order valence-electron chi connectivity index (χ0n) is 12.3. The highest BCUT2D eigenvalue weighted by Gasteiger charge is 2.06. The van der Waals surface area contributed by atoms with Crippen LogP contribution in [0.4, 0.5) is 11.4 Å². The highest BCUT2D eigenvalue weighted by Crippen LogP contribution is 2.20. The molecule has 2 heterocycles. The fourth-order valence-electron chi connectivity index (χ4n) is 2.38. The summed E-state index contributed by atoms with van der Waals surface area (Å²) >= 11 is 0. The van der Waals surface area contributed by atoms with E-state index in [9.17, 15) is 0 Å². The first-order valence-electron chi connectivity index (χ1n) is 7.17. The molecule has 0 spiro atoms. The molecule has 0 fully saturated rings. The first kappa shape index (κ1) is 13.4. The summed E-state index contributed by atoms with van der Waals surface area (Å²) < 4.78 is 7.62. The van der Waals surface area contributed by atoms with E-state index >= 15 is 0 Å². The molecule has 0 bridgehead atoms. The van der Waals surface area contributed by atoms with Crippen molar-refractivity contribution >= 4 is 16.9 Å². The Bertz CT molecular complexity index is 751. The normalized spacial score (nSPS) is 10.6. The summed E-state index contributed by atoms with van der Waals surface area (Å²) in [6.45, 7) is 4.78. The number of ether oxygens (including phenoxy) is 1. The number of nitrogens with one attached hydrogen (secondary N) is 1. The summed E-state index contributed by atoms with van der Waals surface area (Å²) in [6, 6.07) is 18.5. The van der Waals surface area contributed by atoms with Gasteiger partial charge in [-0.05, 0) is 37.3 Å². The quantitative estimate of drug-likeness (QED) is 0.733. The van der Waals surface area contributed by atoms with Gasteiger partial charge in [-0.1, -0.05) is 0 Å². The number of rotatable bonds is 4. The highest BCUT2D eigenvalue weighted by atomic mass is 16.5. The maximum Gasteiger partial charge on any atom is 0.212 e. The number of hydrogen-bond acceptors (Lipinski definition) is 2. The van der Waals surface area contributed by atoms with Crippen LogP contribution < -0.4 is 14.5 Å². The van der Waals surface area contributed by atoms with E-state index in [1.165, 1.54) is 11.2 Å². The van der Waals surface area contributed by atoms with Crippen molar-refractivity contribution in [3.8, 4) is 5.75 Å². The zero-order valence-corrected chi connectivity index (χ0v) is 12.3. The van der Waals surface area contributed by atoms with Gasteiger partial charge in [-0.2, -0.15) is 4.40 Å². The molecular formula is C18H19N2O+. The van der Waals surface area contributed by atoms with Crippen molar-refractivity contribution < 1.29 is 9.14 Å². The van der Waals surface area contributed by atoms with Crippen LogP contribution >= 0.6 is 0 Å². The van der Waals surface area contributed by atoms with Crippen molar-refractivity contribution in [1.82, 2.24) is 0 Å². The van der Waals surface area contributed by atoms with E-state index in [1.54, 1.807) is 0 Å². The van der Waals surface area contributed by atoms with Gasteiger partial charge in [-0.15, -0.1) is 0 Å². The maximum absolute atomic E-state index is 5.45. The van der Waals surface area contributed by atoms with Crippen molar-refractivity contribution in [3.05, 3.63) is 66.5 Å². The minimum absolute atomic E-state index is 0.689. The number of fused-ring (bicyclic) bond motifs is 1. The minimum atomic E-state index is 0.689. The van der Waals surface area contributed by atoms with Crippen molar-refractivity contribution in [2.75, 3.05) is 11.9 Å². The summed E-state index contributed by atoms with van der Waals surface area (Å²) in [5.74, 6) is 0.896. The van der Waals surface area contributed by atoms with Gasteiger partial charge in [-0.25, -0.2) is 0 Å². The van der Waals surface area contributed by atoms with Crippen molar-refractivity contribution in [2.24, 2.45) is 0 Å². The molecule has 3 nitrogen and oxygen atoms in total. The average Bonchev–Trinajstić information content (AvgIpc) is 2.50. The lowest BCUT2D eigenvalue weighted by atomic mass is 10.2. The molecule has 2 aromatic heterocycles. The number of benzene rings is 1. The summed E-state index contributed by atoms with van der Waals surface area (Å²) in [6.07, 6.45) is 2.08. The minimum Gasteiger partial charge on any atom is -0.494 e. The number of anilines is 2. The Morgan fingerprint density at radius 3 is 2.57 bits per heavy atom. The van der Waals surface area contributed by atoms with Gasteiger partial charge in [0, 0.05) is 36.9 Å². The van der Waals surface area contributed by atoms with E-state index in [1.807, 2.05) is 31.2 Å². The van der Waals surface area contributed by atoms with Gasteiger partial charge < -0.3 is 10.1 Å². The number of aromatic nitrogens is 1. The number of hydrogen-bond donors (Lipinski definition) is 1. The Morgan fingerprint density at radius 1 is 1.00 bits per heavy atom. The standard InChI is InChI=1S/C18H18N2O/c1-3-21-18-9-7-15(8-10-18)19-16-11-12-20-14(2)5-4-6-17(20)13-16/h4-13H,3H2,1-2H3/p+1. The number of nitrogens with zero attached hydrogens (tertiary/aromatic N) is 1. The van der Waals surface area contributed by atoms with E-state index in [4.69, 9.17) is 4.74 Å². The molecule has 0 saturated carbocycles. The third kappa shape index (κ3) is 2.97. The van der Waals surface area contributed by atoms with Gasteiger partial charge in [0.15, 0.2) is 11.9 Å². The van der Waals surface area contributed by atoms with Gasteiger partial charge in [0.05, 0.1) is 12.3 Å². The monoisotopic (exact) mass is 279 g/mol. The Morgan fingerprint density at radius 2 is 1.81 bits per heavy atom. The van der Waals surface area contributed by atoms with Crippen LogP contribution in [0.2, 0.25) is 0 Å². The summed E-state index contributed by atoms with van der Waals surface area (Å²) in [5.41, 5.74) is 4.52. The zero-order chi connectivity index (χ0) is 14.7. The molecule has 0 aliphatic heterocycles. The predicted molar refractivity (Wildman–Crippen MR) is 85.2 cm³/mol.